The lowest BCUT2D eigenvalue weighted by molar-refractivity contribution is 0.0527. The number of hydrogen-bond acceptors (Lipinski definition) is 7. The molecule has 162 valence electrons. The molecule has 3 aromatic rings. The van der Waals surface area contributed by atoms with Gasteiger partial charge < -0.3 is 15.0 Å². The monoisotopic (exact) mass is 438 g/mol. The first kappa shape index (κ1) is 21.2. The molecule has 1 saturated heterocycles. The predicted octanol–water partition coefficient (Wildman–Crippen LogP) is 4.67. The molecule has 31 heavy (non-hydrogen) atoms. The Morgan fingerprint density at radius 2 is 1.97 bits per heavy atom. The van der Waals surface area contributed by atoms with Crippen molar-refractivity contribution < 1.29 is 14.3 Å². The van der Waals surface area contributed by atoms with Crippen LogP contribution >= 0.6 is 11.3 Å². The van der Waals surface area contributed by atoms with Crippen LogP contribution in [0.1, 0.15) is 52.3 Å². The number of esters is 1. The quantitative estimate of drug-likeness (QED) is 0.583. The van der Waals surface area contributed by atoms with Gasteiger partial charge in [-0.1, -0.05) is 19.1 Å². The van der Waals surface area contributed by atoms with E-state index in [1.807, 2.05) is 6.92 Å². The van der Waals surface area contributed by atoms with Crippen molar-refractivity contribution in [2.24, 2.45) is 5.92 Å². The first-order valence-electron chi connectivity index (χ1n) is 10.6. The van der Waals surface area contributed by atoms with Crippen molar-refractivity contribution in [1.82, 2.24) is 9.97 Å². The number of piperidine rings is 1. The van der Waals surface area contributed by atoms with Crippen LogP contribution in [0.5, 0.6) is 0 Å². The SMILES string of the molecule is CCOC(=O)c1ccccc1NC(=O)c1sc2ncnc(N3CCC(C)CC3)c2c1C. The minimum atomic E-state index is -0.459. The fourth-order valence-electron chi connectivity index (χ4n) is 3.89. The smallest absolute Gasteiger partial charge is 0.340 e. The third-order valence-electron chi connectivity index (χ3n) is 5.67. The molecule has 2 aromatic heterocycles. The number of amides is 1. The number of aromatic nitrogens is 2. The lowest BCUT2D eigenvalue weighted by atomic mass is 9.99. The summed E-state index contributed by atoms with van der Waals surface area (Å²) in [7, 11) is 0. The number of ether oxygens (including phenoxy) is 1. The zero-order valence-electron chi connectivity index (χ0n) is 18.0. The van der Waals surface area contributed by atoms with Crippen LogP contribution < -0.4 is 10.2 Å². The van der Waals surface area contributed by atoms with Crippen molar-refractivity contribution in [2.45, 2.75) is 33.6 Å². The van der Waals surface area contributed by atoms with Crippen molar-refractivity contribution >= 4 is 44.9 Å². The number of benzene rings is 1. The molecule has 7 nitrogen and oxygen atoms in total. The first-order valence-corrected chi connectivity index (χ1v) is 11.4. The van der Waals surface area contributed by atoms with Crippen molar-refractivity contribution in [1.29, 1.82) is 0 Å². The third kappa shape index (κ3) is 4.25. The number of thiophene rings is 1. The van der Waals surface area contributed by atoms with Gasteiger partial charge in [0, 0.05) is 13.1 Å². The predicted molar refractivity (Wildman–Crippen MR) is 123 cm³/mol. The Labute approximate surface area is 185 Å². The molecule has 0 saturated carbocycles. The summed E-state index contributed by atoms with van der Waals surface area (Å²) in [6, 6.07) is 6.87. The summed E-state index contributed by atoms with van der Waals surface area (Å²) in [5.41, 5.74) is 1.62. The number of para-hydroxylation sites is 1. The summed E-state index contributed by atoms with van der Waals surface area (Å²) in [4.78, 5) is 38.0. The number of nitrogens with zero attached hydrogens (tertiary/aromatic N) is 3. The Hall–Kier alpha value is -3.00. The van der Waals surface area contributed by atoms with Crippen molar-refractivity contribution in [3.63, 3.8) is 0 Å². The fraction of sp³-hybridized carbons (Fsp3) is 0.391. The van der Waals surface area contributed by atoms with E-state index in [9.17, 15) is 9.59 Å². The molecule has 1 N–H and O–H groups in total. The number of fused-ring (bicyclic) bond motifs is 1. The molecule has 0 aliphatic carbocycles. The highest BCUT2D eigenvalue weighted by molar-refractivity contribution is 7.20. The van der Waals surface area contributed by atoms with E-state index in [0.29, 0.717) is 16.1 Å². The van der Waals surface area contributed by atoms with Gasteiger partial charge in [0.25, 0.3) is 5.91 Å². The van der Waals surface area contributed by atoms with E-state index in [1.165, 1.54) is 11.3 Å². The molecular formula is C23H26N4O3S. The van der Waals surface area contributed by atoms with Gasteiger partial charge in [0.05, 0.1) is 28.1 Å². The Kier molecular flexibility index (Phi) is 6.18. The maximum Gasteiger partial charge on any atom is 0.340 e. The van der Waals surface area contributed by atoms with Crippen molar-refractivity contribution in [3.8, 4) is 0 Å². The lowest BCUT2D eigenvalue weighted by Gasteiger charge is -2.31. The second-order valence-corrected chi connectivity index (χ2v) is 8.82. The van der Waals surface area contributed by atoms with Crippen LogP contribution in [-0.4, -0.2) is 41.5 Å². The Morgan fingerprint density at radius 1 is 1.23 bits per heavy atom. The summed E-state index contributed by atoms with van der Waals surface area (Å²) in [6.45, 7) is 8.15. The summed E-state index contributed by atoms with van der Waals surface area (Å²) < 4.78 is 5.11. The van der Waals surface area contributed by atoms with Gasteiger partial charge in [-0.3, -0.25) is 4.79 Å². The molecule has 0 radical (unpaired) electrons. The molecule has 1 aliphatic heterocycles. The average Bonchev–Trinajstić information content (AvgIpc) is 3.12. The van der Waals surface area contributed by atoms with Gasteiger partial charge >= 0.3 is 5.97 Å². The molecule has 0 bridgehead atoms. The highest BCUT2D eigenvalue weighted by Gasteiger charge is 2.25. The largest absolute Gasteiger partial charge is 0.462 e. The molecule has 0 unspecified atom stereocenters. The van der Waals surface area contributed by atoms with Gasteiger partial charge in [-0.2, -0.15) is 0 Å². The molecule has 1 aromatic carbocycles. The number of nitrogens with one attached hydrogen (secondary N) is 1. The highest BCUT2D eigenvalue weighted by atomic mass is 32.1. The second-order valence-electron chi connectivity index (χ2n) is 7.82. The molecule has 3 heterocycles. The van der Waals surface area contributed by atoms with Gasteiger partial charge in [0.2, 0.25) is 0 Å². The fourth-order valence-corrected chi connectivity index (χ4v) is 4.93. The number of carbonyl (C=O) groups excluding carboxylic acids is 2. The van der Waals surface area contributed by atoms with E-state index >= 15 is 0 Å². The summed E-state index contributed by atoms with van der Waals surface area (Å²) in [5, 5.41) is 3.82. The Bertz CT molecular complexity index is 1120. The van der Waals surface area contributed by atoms with Gasteiger partial charge in [0.1, 0.15) is 17.0 Å². The number of hydrogen-bond donors (Lipinski definition) is 1. The van der Waals surface area contributed by atoms with E-state index in [0.717, 1.165) is 53.4 Å². The van der Waals surface area contributed by atoms with E-state index in [2.05, 4.69) is 27.1 Å². The second kappa shape index (κ2) is 9.01. The summed E-state index contributed by atoms with van der Waals surface area (Å²) in [5.74, 6) is 0.893. The Morgan fingerprint density at radius 3 is 2.71 bits per heavy atom. The van der Waals surface area contributed by atoms with E-state index < -0.39 is 5.97 Å². The molecule has 8 heteroatoms. The van der Waals surface area contributed by atoms with Crippen molar-refractivity contribution in [2.75, 3.05) is 29.9 Å². The number of anilines is 2. The maximum absolute atomic E-state index is 13.2. The van der Waals surface area contributed by atoms with E-state index in [1.54, 1.807) is 37.5 Å². The molecule has 0 spiro atoms. The Balaban J connectivity index is 1.65. The van der Waals surface area contributed by atoms with Crippen molar-refractivity contribution in [3.05, 3.63) is 46.6 Å². The van der Waals surface area contributed by atoms with E-state index in [-0.39, 0.29) is 12.5 Å². The normalized spacial score (nSPS) is 14.6. The third-order valence-corrected chi connectivity index (χ3v) is 6.87. The number of carbonyl (C=O) groups is 2. The van der Waals surface area contributed by atoms with Gasteiger partial charge in [-0.25, -0.2) is 14.8 Å². The minimum Gasteiger partial charge on any atom is -0.462 e. The van der Waals surface area contributed by atoms with Crippen LogP contribution in [0.25, 0.3) is 10.2 Å². The van der Waals surface area contributed by atoms with Gasteiger partial charge in [0.15, 0.2) is 0 Å². The van der Waals surface area contributed by atoms with Gasteiger partial charge in [-0.05, 0) is 50.3 Å². The maximum atomic E-state index is 13.2. The molecule has 0 atom stereocenters. The van der Waals surface area contributed by atoms with Crippen LogP contribution in [0.3, 0.4) is 0 Å². The van der Waals surface area contributed by atoms with Crippen LogP contribution in [0.15, 0.2) is 30.6 Å². The highest BCUT2D eigenvalue weighted by Crippen LogP contribution is 2.36. The van der Waals surface area contributed by atoms with Crippen LogP contribution in [0.2, 0.25) is 0 Å². The minimum absolute atomic E-state index is 0.268. The summed E-state index contributed by atoms with van der Waals surface area (Å²) in [6.07, 6.45) is 3.84. The summed E-state index contributed by atoms with van der Waals surface area (Å²) >= 11 is 1.35. The molecule has 1 aliphatic rings. The topological polar surface area (TPSA) is 84.4 Å². The van der Waals surface area contributed by atoms with Crippen LogP contribution in [0.4, 0.5) is 11.5 Å². The number of aryl methyl sites for hydroxylation is 1. The van der Waals surface area contributed by atoms with Crippen LogP contribution in [0, 0.1) is 12.8 Å². The van der Waals surface area contributed by atoms with Gasteiger partial charge in [-0.15, -0.1) is 11.3 Å². The molecule has 4 rings (SSSR count). The molecule has 1 amide bonds. The van der Waals surface area contributed by atoms with E-state index in [4.69, 9.17) is 4.74 Å². The zero-order chi connectivity index (χ0) is 22.0. The number of rotatable bonds is 5. The molecule has 1 fully saturated rings. The van der Waals surface area contributed by atoms with Crippen LogP contribution in [-0.2, 0) is 4.74 Å². The zero-order valence-corrected chi connectivity index (χ0v) is 18.8. The molecular weight excluding hydrogens is 412 g/mol. The first-order chi connectivity index (χ1) is 15.0. The lowest BCUT2D eigenvalue weighted by Crippen LogP contribution is -2.33. The standard InChI is InChI=1S/C23H26N4O3S/c1-4-30-23(29)16-7-5-6-8-17(16)26-21(28)19-15(3)18-20(24-13-25-22(18)31-19)27-11-9-14(2)10-12-27/h5-8,13-14H,4,9-12H2,1-3H3,(H,26,28). The average molecular weight is 439 g/mol.